The van der Waals surface area contributed by atoms with Crippen LogP contribution in [0.4, 0.5) is 21.4 Å². The number of aryl methyl sites for hydroxylation is 1. The van der Waals surface area contributed by atoms with Crippen molar-refractivity contribution < 1.29 is 14.1 Å². The molecule has 0 radical (unpaired) electrons. The van der Waals surface area contributed by atoms with Crippen molar-refractivity contribution in [3.8, 4) is 22.2 Å². The molecule has 10 heteroatoms. The number of rotatable bonds is 5. The lowest BCUT2D eigenvalue weighted by molar-refractivity contribution is 0.0636. The number of hydrogen-bond donors (Lipinski definition) is 3. The second kappa shape index (κ2) is 8.31. The molecule has 0 bridgehead atoms. The fraction of sp³-hybridized carbons (Fsp3) is 0.400. The van der Waals surface area contributed by atoms with E-state index in [1.165, 1.54) is 11.3 Å². The third-order valence-electron chi connectivity index (χ3n) is 3.81. The minimum Gasteiger partial charge on any atom is -0.444 e. The van der Waals surface area contributed by atoms with E-state index in [9.17, 15) is 4.79 Å². The van der Waals surface area contributed by atoms with Gasteiger partial charge in [0.2, 0.25) is 5.82 Å². The molecule has 0 atom stereocenters. The number of amides is 1. The van der Waals surface area contributed by atoms with E-state index in [0.29, 0.717) is 33.2 Å². The molecule has 0 aliphatic carbocycles. The lowest BCUT2D eigenvalue weighted by atomic mass is 10.1. The van der Waals surface area contributed by atoms with Crippen molar-refractivity contribution in [2.45, 2.75) is 53.2 Å². The van der Waals surface area contributed by atoms with Crippen molar-refractivity contribution in [1.29, 1.82) is 0 Å². The van der Waals surface area contributed by atoms with E-state index in [1.807, 2.05) is 26.8 Å². The summed E-state index contributed by atoms with van der Waals surface area (Å²) >= 11 is 1.35. The van der Waals surface area contributed by atoms with Crippen molar-refractivity contribution in [2.24, 2.45) is 0 Å². The average Bonchev–Trinajstić information content (AvgIpc) is 3.21. The molecule has 4 N–H and O–H groups in total. The van der Waals surface area contributed by atoms with E-state index in [-0.39, 0.29) is 6.04 Å². The summed E-state index contributed by atoms with van der Waals surface area (Å²) in [4.78, 5) is 21.5. The van der Waals surface area contributed by atoms with Crippen LogP contribution in [-0.4, -0.2) is 32.9 Å². The van der Waals surface area contributed by atoms with Crippen molar-refractivity contribution >= 4 is 34.1 Å². The van der Waals surface area contributed by atoms with Crippen LogP contribution >= 0.6 is 11.3 Å². The number of benzene rings is 1. The molecule has 1 aromatic carbocycles. The SMILES string of the molecule is Cc1ccc(NC(=O)OC(C)(C)C)cc1-c1noc(-c2sc(NC(C)C)nc2N)n1. The zero-order valence-electron chi connectivity index (χ0n) is 17.9. The Labute approximate surface area is 179 Å². The highest BCUT2D eigenvalue weighted by molar-refractivity contribution is 7.19. The molecule has 0 spiro atoms. The zero-order chi connectivity index (χ0) is 22.1. The first-order valence-corrected chi connectivity index (χ1v) is 10.3. The lowest BCUT2D eigenvalue weighted by Crippen LogP contribution is -2.27. The summed E-state index contributed by atoms with van der Waals surface area (Å²) in [5, 5.41) is 10.7. The Morgan fingerprint density at radius 3 is 2.67 bits per heavy atom. The van der Waals surface area contributed by atoms with E-state index < -0.39 is 11.7 Å². The number of anilines is 3. The van der Waals surface area contributed by atoms with Gasteiger partial charge in [-0.2, -0.15) is 4.98 Å². The number of ether oxygens (including phenoxy) is 1. The molecule has 0 unspecified atom stereocenters. The van der Waals surface area contributed by atoms with Gasteiger partial charge in [0, 0.05) is 17.3 Å². The van der Waals surface area contributed by atoms with Crippen LogP contribution in [0.1, 0.15) is 40.2 Å². The van der Waals surface area contributed by atoms with Gasteiger partial charge in [-0.25, -0.2) is 9.78 Å². The molecule has 30 heavy (non-hydrogen) atoms. The van der Waals surface area contributed by atoms with Crippen LogP contribution in [-0.2, 0) is 4.74 Å². The Balaban J connectivity index is 1.85. The largest absolute Gasteiger partial charge is 0.444 e. The van der Waals surface area contributed by atoms with E-state index in [1.54, 1.807) is 32.9 Å². The molecule has 3 rings (SSSR count). The number of hydrogen-bond acceptors (Lipinski definition) is 9. The molecule has 1 amide bonds. The van der Waals surface area contributed by atoms with Gasteiger partial charge in [0.1, 0.15) is 16.3 Å². The third kappa shape index (κ3) is 5.26. The van der Waals surface area contributed by atoms with Crippen LogP contribution < -0.4 is 16.4 Å². The number of nitrogen functional groups attached to an aromatic ring is 1. The Bertz CT molecular complexity index is 1050. The molecule has 160 valence electrons. The van der Waals surface area contributed by atoms with E-state index in [4.69, 9.17) is 15.0 Å². The number of nitrogens with zero attached hydrogens (tertiary/aromatic N) is 3. The smallest absolute Gasteiger partial charge is 0.412 e. The number of thiazole rings is 1. The molecule has 0 saturated carbocycles. The van der Waals surface area contributed by atoms with Crippen LogP contribution in [0.15, 0.2) is 22.7 Å². The topological polar surface area (TPSA) is 128 Å². The molecule has 0 aliphatic rings. The van der Waals surface area contributed by atoms with Crippen LogP contribution in [0.25, 0.3) is 22.2 Å². The van der Waals surface area contributed by atoms with Gasteiger partial charge in [0.25, 0.3) is 5.89 Å². The number of nitrogens with one attached hydrogen (secondary N) is 2. The van der Waals surface area contributed by atoms with Gasteiger partial charge < -0.3 is 20.3 Å². The van der Waals surface area contributed by atoms with Gasteiger partial charge in [0.05, 0.1) is 0 Å². The first-order chi connectivity index (χ1) is 14.0. The predicted octanol–water partition coefficient (Wildman–Crippen LogP) is 4.92. The van der Waals surface area contributed by atoms with E-state index in [0.717, 1.165) is 11.1 Å². The van der Waals surface area contributed by atoms with Crippen LogP contribution in [0.5, 0.6) is 0 Å². The number of carbonyl (C=O) groups excluding carboxylic acids is 1. The Morgan fingerprint density at radius 2 is 2.00 bits per heavy atom. The number of aromatic nitrogens is 3. The van der Waals surface area contributed by atoms with Gasteiger partial charge in [-0.15, -0.1) is 0 Å². The van der Waals surface area contributed by atoms with Crippen LogP contribution in [0.2, 0.25) is 0 Å². The van der Waals surface area contributed by atoms with Crippen molar-refractivity contribution in [2.75, 3.05) is 16.4 Å². The maximum Gasteiger partial charge on any atom is 0.412 e. The summed E-state index contributed by atoms with van der Waals surface area (Å²) in [6, 6.07) is 5.65. The summed E-state index contributed by atoms with van der Waals surface area (Å²) in [6.07, 6.45) is -0.534. The average molecular weight is 431 g/mol. The predicted molar refractivity (Wildman–Crippen MR) is 119 cm³/mol. The molecular weight excluding hydrogens is 404 g/mol. The van der Waals surface area contributed by atoms with Gasteiger partial charge in [0.15, 0.2) is 5.13 Å². The van der Waals surface area contributed by atoms with Crippen molar-refractivity contribution in [3.05, 3.63) is 23.8 Å². The first kappa shape index (κ1) is 21.6. The standard InChI is InChI=1S/C20H26N6O3S/c1-10(2)22-18-24-15(21)14(30-18)17-25-16(26-29-17)13-9-12(8-7-11(13)3)23-19(27)28-20(4,5)6/h7-10H,21H2,1-6H3,(H,22,24)(H,23,27). The molecule has 0 saturated heterocycles. The van der Waals surface area contributed by atoms with E-state index in [2.05, 4.69) is 25.8 Å². The number of nitrogens with two attached hydrogens (primary N) is 1. The van der Waals surface area contributed by atoms with Crippen molar-refractivity contribution in [3.63, 3.8) is 0 Å². The third-order valence-corrected chi connectivity index (χ3v) is 4.80. The highest BCUT2D eigenvalue weighted by Crippen LogP contribution is 2.35. The fourth-order valence-corrected chi connectivity index (χ4v) is 3.53. The Kier molecular flexibility index (Phi) is 5.97. The molecule has 9 nitrogen and oxygen atoms in total. The second-order valence-corrected chi connectivity index (χ2v) is 9.11. The molecule has 2 heterocycles. The van der Waals surface area contributed by atoms with Crippen LogP contribution in [0.3, 0.4) is 0 Å². The fourth-order valence-electron chi connectivity index (χ4n) is 2.58. The minimum absolute atomic E-state index is 0.226. The van der Waals surface area contributed by atoms with Crippen LogP contribution in [0, 0.1) is 6.92 Å². The summed E-state index contributed by atoms with van der Waals surface area (Å²) in [5.41, 5.74) is 7.66. The molecule has 3 aromatic rings. The number of carbonyl (C=O) groups is 1. The highest BCUT2D eigenvalue weighted by atomic mass is 32.1. The minimum atomic E-state index is -0.585. The molecular formula is C20H26N6O3S. The highest BCUT2D eigenvalue weighted by Gasteiger charge is 2.20. The molecule has 2 aromatic heterocycles. The Hall–Kier alpha value is -3.14. The van der Waals surface area contributed by atoms with E-state index >= 15 is 0 Å². The maximum absolute atomic E-state index is 12.1. The lowest BCUT2D eigenvalue weighted by Gasteiger charge is -2.19. The second-order valence-electron chi connectivity index (χ2n) is 8.11. The summed E-state index contributed by atoms with van der Waals surface area (Å²) in [7, 11) is 0. The van der Waals surface area contributed by atoms with Gasteiger partial charge in [-0.05, 0) is 59.2 Å². The van der Waals surface area contributed by atoms with Gasteiger partial charge in [-0.3, -0.25) is 5.32 Å². The normalized spacial score (nSPS) is 11.6. The zero-order valence-corrected chi connectivity index (χ0v) is 18.7. The van der Waals surface area contributed by atoms with Gasteiger partial charge in [-0.1, -0.05) is 22.6 Å². The van der Waals surface area contributed by atoms with Crippen molar-refractivity contribution in [1.82, 2.24) is 15.1 Å². The quantitative estimate of drug-likeness (QED) is 0.520. The summed E-state index contributed by atoms with van der Waals surface area (Å²) < 4.78 is 10.7. The monoisotopic (exact) mass is 430 g/mol. The molecule has 0 fully saturated rings. The summed E-state index contributed by atoms with van der Waals surface area (Å²) in [6.45, 7) is 11.4. The van der Waals surface area contributed by atoms with Gasteiger partial charge >= 0.3 is 6.09 Å². The maximum atomic E-state index is 12.1. The molecule has 0 aliphatic heterocycles. The first-order valence-electron chi connectivity index (χ1n) is 9.50. The summed E-state index contributed by atoms with van der Waals surface area (Å²) in [5.74, 6) is 1.01. The Morgan fingerprint density at radius 1 is 1.27 bits per heavy atom.